The Hall–Kier alpha value is -3.01. The quantitative estimate of drug-likeness (QED) is 0.609. The van der Waals surface area contributed by atoms with Crippen LogP contribution in [-0.2, 0) is 0 Å². The fourth-order valence-electron chi connectivity index (χ4n) is 2.01. The highest BCUT2D eigenvalue weighted by Crippen LogP contribution is 2.29. The lowest BCUT2D eigenvalue weighted by Crippen LogP contribution is -2.49. The van der Waals surface area contributed by atoms with E-state index in [4.69, 9.17) is 22.7 Å². The molecule has 26 heavy (non-hydrogen) atoms. The molecule has 2 aromatic carbocycles. The third kappa shape index (κ3) is 4.76. The number of alkyl halides is 2. The van der Waals surface area contributed by atoms with Crippen molar-refractivity contribution >= 4 is 28.9 Å². The molecule has 0 heterocycles. The number of nitrogens with zero attached hydrogens (tertiary/aromatic N) is 1. The van der Waals surface area contributed by atoms with Gasteiger partial charge >= 0.3 is 6.61 Å². The molecule has 2 rings (SSSR count). The molecule has 0 saturated carbocycles. The first-order chi connectivity index (χ1) is 12.3. The van der Waals surface area contributed by atoms with Crippen molar-refractivity contribution in [2.45, 2.75) is 6.61 Å². The minimum absolute atomic E-state index is 0.0541. The number of benzene rings is 2. The van der Waals surface area contributed by atoms with Gasteiger partial charge < -0.3 is 15.2 Å². The Morgan fingerprint density at radius 1 is 1.19 bits per heavy atom. The number of carbonyl (C=O) groups excluding carboxylic acids is 1. The van der Waals surface area contributed by atoms with Crippen molar-refractivity contribution in [1.82, 2.24) is 5.43 Å². The number of nitrogens with one attached hydrogen (secondary N) is 1. The third-order valence-electron chi connectivity index (χ3n) is 3.16. The second kappa shape index (κ2) is 8.39. The number of hydrogen-bond acceptors (Lipinski definition) is 4. The summed E-state index contributed by atoms with van der Waals surface area (Å²) in [6.07, 6.45) is 0. The summed E-state index contributed by atoms with van der Waals surface area (Å²) in [5.74, 6) is -1.39. The van der Waals surface area contributed by atoms with Gasteiger partial charge in [0.2, 0.25) is 0 Å². The van der Waals surface area contributed by atoms with Crippen LogP contribution in [0.15, 0.2) is 42.5 Å². The molecule has 6 nitrogen and oxygen atoms in total. The summed E-state index contributed by atoms with van der Waals surface area (Å²) >= 11 is 4.88. The van der Waals surface area contributed by atoms with E-state index in [-0.39, 0.29) is 22.2 Å². The smallest absolute Gasteiger partial charge is 0.387 e. The van der Waals surface area contributed by atoms with Crippen LogP contribution in [-0.4, -0.2) is 24.7 Å². The molecule has 10 heteroatoms. The van der Waals surface area contributed by atoms with Crippen molar-refractivity contribution in [3.63, 3.8) is 0 Å². The first-order valence-corrected chi connectivity index (χ1v) is 7.51. The van der Waals surface area contributed by atoms with E-state index in [1.54, 1.807) is 0 Å². The average Bonchev–Trinajstić information content (AvgIpc) is 2.60. The van der Waals surface area contributed by atoms with Gasteiger partial charge in [-0.1, -0.05) is 0 Å². The van der Waals surface area contributed by atoms with E-state index in [2.05, 4.69) is 10.2 Å². The molecule has 2 aromatic rings. The Kier molecular flexibility index (Phi) is 6.23. The lowest BCUT2D eigenvalue weighted by molar-refractivity contribution is -0.0512. The van der Waals surface area contributed by atoms with Gasteiger partial charge in [-0.3, -0.25) is 10.2 Å². The maximum atomic E-state index is 13.0. The lowest BCUT2D eigenvalue weighted by atomic mass is 10.2. The number of rotatable bonds is 5. The van der Waals surface area contributed by atoms with Gasteiger partial charge in [0.1, 0.15) is 5.82 Å². The predicted octanol–water partition coefficient (Wildman–Crippen LogP) is 2.83. The van der Waals surface area contributed by atoms with Crippen LogP contribution in [0.25, 0.3) is 0 Å². The number of thiocarbonyl (C=S) groups is 1. The van der Waals surface area contributed by atoms with Crippen molar-refractivity contribution < 1.29 is 27.4 Å². The molecule has 0 aromatic heterocycles. The Morgan fingerprint density at radius 3 is 2.38 bits per heavy atom. The maximum Gasteiger partial charge on any atom is 0.387 e. The van der Waals surface area contributed by atoms with Gasteiger partial charge in [-0.05, 0) is 54.7 Å². The second-order valence-electron chi connectivity index (χ2n) is 4.84. The topological polar surface area (TPSA) is 76.8 Å². The zero-order valence-electron chi connectivity index (χ0n) is 13.4. The van der Waals surface area contributed by atoms with Gasteiger partial charge in [-0.25, -0.2) is 9.40 Å². The molecule has 1 amide bonds. The minimum Gasteiger partial charge on any atom is -0.493 e. The van der Waals surface area contributed by atoms with Crippen LogP contribution in [0.3, 0.4) is 0 Å². The molecule has 0 aliphatic heterocycles. The summed E-state index contributed by atoms with van der Waals surface area (Å²) in [6, 6.07) is 8.73. The van der Waals surface area contributed by atoms with Crippen molar-refractivity contribution in [3.05, 3.63) is 53.8 Å². The molecule has 0 aliphatic rings. The van der Waals surface area contributed by atoms with E-state index in [0.717, 1.165) is 5.01 Å². The van der Waals surface area contributed by atoms with Gasteiger partial charge in [0.05, 0.1) is 12.8 Å². The molecule has 0 spiro atoms. The molecule has 0 unspecified atom stereocenters. The summed E-state index contributed by atoms with van der Waals surface area (Å²) in [4.78, 5) is 12.4. The number of hydrazine groups is 1. The van der Waals surface area contributed by atoms with Crippen molar-refractivity contribution in [2.24, 2.45) is 5.73 Å². The second-order valence-corrected chi connectivity index (χ2v) is 5.25. The SMILES string of the molecule is COc1cc(C(=O)NN(C(N)=S)c2ccc(F)cc2)ccc1OC(F)F. The normalized spacial score (nSPS) is 10.3. The Balaban J connectivity index is 2.24. The molecule has 138 valence electrons. The molecule has 0 bridgehead atoms. The first-order valence-electron chi connectivity index (χ1n) is 7.10. The number of methoxy groups -OCH3 is 1. The van der Waals surface area contributed by atoms with Crippen molar-refractivity contribution in [1.29, 1.82) is 0 Å². The minimum atomic E-state index is -3.04. The van der Waals surface area contributed by atoms with E-state index in [9.17, 15) is 18.0 Å². The molecule has 3 N–H and O–H groups in total. The number of amides is 1. The standard InChI is InChI=1S/C16H14F3N3O3S/c1-24-13-8-9(2-7-12(13)25-15(18)19)14(23)21-22(16(20)26)11-5-3-10(17)4-6-11/h2-8,15H,1H3,(H2,20,26)(H,21,23). The molecule has 0 saturated heterocycles. The Morgan fingerprint density at radius 2 is 1.85 bits per heavy atom. The van der Waals surface area contributed by atoms with Crippen LogP contribution >= 0.6 is 12.2 Å². The van der Waals surface area contributed by atoms with Gasteiger partial charge in [-0.2, -0.15) is 8.78 Å². The van der Waals surface area contributed by atoms with Gasteiger partial charge in [0.15, 0.2) is 16.6 Å². The van der Waals surface area contributed by atoms with Crippen LogP contribution in [0.4, 0.5) is 18.9 Å². The van der Waals surface area contributed by atoms with Crippen LogP contribution in [0.5, 0.6) is 11.5 Å². The molecular formula is C16H14F3N3O3S. The zero-order valence-corrected chi connectivity index (χ0v) is 14.2. The number of halogens is 3. The third-order valence-corrected chi connectivity index (χ3v) is 3.34. The van der Waals surface area contributed by atoms with Crippen LogP contribution in [0.2, 0.25) is 0 Å². The summed E-state index contributed by atoms with van der Waals surface area (Å²) in [7, 11) is 1.25. The van der Waals surface area contributed by atoms with Crippen LogP contribution in [0.1, 0.15) is 10.4 Å². The Bertz CT molecular complexity index is 803. The number of hydrogen-bond donors (Lipinski definition) is 2. The zero-order chi connectivity index (χ0) is 19.3. The number of nitrogens with two attached hydrogens (primary N) is 1. The first kappa shape index (κ1) is 19.3. The van der Waals surface area contributed by atoms with E-state index in [0.29, 0.717) is 5.69 Å². The highest BCUT2D eigenvalue weighted by molar-refractivity contribution is 7.80. The van der Waals surface area contributed by atoms with Gasteiger partial charge in [0.25, 0.3) is 5.91 Å². The maximum absolute atomic E-state index is 13.0. The summed E-state index contributed by atoms with van der Waals surface area (Å²) in [5.41, 5.74) is 8.44. The van der Waals surface area contributed by atoms with Crippen LogP contribution < -0.4 is 25.6 Å². The predicted molar refractivity (Wildman–Crippen MR) is 92.8 cm³/mol. The number of carbonyl (C=O) groups is 1. The molecule has 0 radical (unpaired) electrons. The molecule has 0 fully saturated rings. The number of anilines is 1. The van der Waals surface area contributed by atoms with Gasteiger partial charge in [0, 0.05) is 5.56 Å². The molecule has 0 aliphatic carbocycles. The van der Waals surface area contributed by atoms with E-state index >= 15 is 0 Å². The highest BCUT2D eigenvalue weighted by atomic mass is 32.1. The molecule has 0 atom stereocenters. The molecular weight excluding hydrogens is 371 g/mol. The largest absolute Gasteiger partial charge is 0.493 e. The van der Waals surface area contributed by atoms with Crippen molar-refractivity contribution in [3.8, 4) is 11.5 Å². The monoisotopic (exact) mass is 385 g/mol. The summed E-state index contributed by atoms with van der Waals surface area (Å²) in [5, 5.41) is 0.891. The fourth-order valence-corrected chi connectivity index (χ4v) is 2.16. The van der Waals surface area contributed by atoms with E-state index < -0.39 is 18.3 Å². The lowest BCUT2D eigenvalue weighted by Gasteiger charge is -2.23. The Labute approximate surface area is 152 Å². The van der Waals surface area contributed by atoms with Crippen LogP contribution in [0, 0.1) is 5.82 Å². The van der Waals surface area contributed by atoms with Gasteiger partial charge in [-0.15, -0.1) is 0 Å². The number of ether oxygens (including phenoxy) is 2. The van der Waals surface area contributed by atoms with E-state index in [1.165, 1.54) is 49.6 Å². The van der Waals surface area contributed by atoms with E-state index in [1.807, 2.05) is 0 Å². The summed E-state index contributed by atoms with van der Waals surface area (Å²) < 4.78 is 47.0. The summed E-state index contributed by atoms with van der Waals surface area (Å²) in [6.45, 7) is -3.04. The highest BCUT2D eigenvalue weighted by Gasteiger charge is 2.18. The van der Waals surface area contributed by atoms with Crippen molar-refractivity contribution in [2.75, 3.05) is 12.1 Å². The average molecular weight is 385 g/mol. The fraction of sp³-hybridized carbons (Fsp3) is 0.125.